The van der Waals surface area contributed by atoms with Gasteiger partial charge in [-0.1, -0.05) is 38.1 Å². The lowest BCUT2D eigenvalue weighted by Crippen LogP contribution is -2.35. The van der Waals surface area contributed by atoms with Crippen LogP contribution in [-0.4, -0.2) is 45.3 Å². The first-order valence-electron chi connectivity index (χ1n) is 11.2. The lowest BCUT2D eigenvalue weighted by Gasteiger charge is -2.33. The second-order valence-electron chi connectivity index (χ2n) is 9.12. The Bertz CT molecular complexity index is 1540. The van der Waals surface area contributed by atoms with Gasteiger partial charge in [0.05, 0.1) is 17.6 Å². The van der Waals surface area contributed by atoms with E-state index in [0.717, 1.165) is 15.8 Å². The average Bonchev–Trinajstić information content (AvgIpc) is 3.53. The van der Waals surface area contributed by atoms with Gasteiger partial charge < -0.3 is 5.32 Å². The Balaban J connectivity index is 1.40. The van der Waals surface area contributed by atoms with Crippen molar-refractivity contribution < 1.29 is 13.2 Å². The molecule has 12 heteroatoms. The minimum absolute atomic E-state index is 0.169. The fourth-order valence-corrected chi connectivity index (χ4v) is 4.56. The molecule has 4 aromatic heterocycles. The van der Waals surface area contributed by atoms with Crippen molar-refractivity contribution in [2.24, 2.45) is 7.05 Å². The highest BCUT2D eigenvalue weighted by Crippen LogP contribution is 2.44. The Morgan fingerprint density at radius 3 is 2.57 bits per heavy atom. The van der Waals surface area contributed by atoms with E-state index in [9.17, 15) is 13.2 Å². The van der Waals surface area contributed by atoms with Crippen molar-refractivity contribution in [2.75, 3.05) is 5.32 Å². The summed E-state index contributed by atoms with van der Waals surface area (Å²) in [6.07, 6.45) is -1.50. The molecule has 6 rings (SSSR count). The zero-order chi connectivity index (χ0) is 24.5. The number of nitrogens with zero attached hydrogens (tertiary/aromatic N) is 8. The number of hydrogen-bond donors (Lipinski definition) is 1. The number of anilines is 1. The molecule has 1 N–H and O–H groups in total. The third kappa shape index (κ3) is 3.51. The summed E-state index contributed by atoms with van der Waals surface area (Å²) in [6, 6.07) is 7.01. The maximum Gasteiger partial charge on any atom is 0.410 e. The number of nitrogens with one attached hydrogen (secondary N) is 1. The van der Waals surface area contributed by atoms with Crippen molar-refractivity contribution in [3.8, 4) is 11.5 Å². The second-order valence-corrected chi connectivity index (χ2v) is 9.12. The first kappa shape index (κ1) is 21.6. The summed E-state index contributed by atoms with van der Waals surface area (Å²) in [4.78, 5) is 8.85. The van der Waals surface area contributed by atoms with Crippen LogP contribution in [0.15, 0.2) is 42.9 Å². The Kier molecular flexibility index (Phi) is 4.63. The zero-order valence-electron chi connectivity index (χ0n) is 19.2. The van der Waals surface area contributed by atoms with Gasteiger partial charge in [0, 0.05) is 19.5 Å². The molecular weight excluding hydrogens is 459 g/mol. The number of benzene rings is 1. The minimum Gasteiger partial charge on any atom is -0.363 e. The molecule has 0 radical (unpaired) electrons. The van der Waals surface area contributed by atoms with Crippen molar-refractivity contribution in [3.63, 3.8) is 0 Å². The standard InChI is InChI=1S/C23H22F3N9/c1-12(2)13-4-6-14(7-5-13)16-8-18(23(24,25)26)35-19(29-16)9-17(31-35)20-30-22-15-10-28-33(3)21(15)27-11-34(22)32-20/h4-7,9-12,16,18,29H,8H2,1-3H3/t16-,18+/m1/s1. The van der Waals surface area contributed by atoms with E-state index in [1.807, 2.05) is 24.3 Å². The van der Waals surface area contributed by atoms with Crippen molar-refractivity contribution in [1.82, 2.24) is 39.1 Å². The Morgan fingerprint density at radius 2 is 1.86 bits per heavy atom. The summed E-state index contributed by atoms with van der Waals surface area (Å²) in [5, 5.41) is 16.8. The highest BCUT2D eigenvalue weighted by molar-refractivity contribution is 5.88. The Morgan fingerprint density at radius 1 is 1.09 bits per heavy atom. The predicted octanol–water partition coefficient (Wildman–Crippen LogP) is 4.66. The molecule has 1 aromatic carbocycles. The quantitative estimate of drug-likeness (QED) is 0.403. The first-order chi connectivity index (χ1) is 16.7. The SMILES string of the molecule is CC(C)c1ccc([C@H]2C[C@@H](C(F)(F)F)n3nc(-c4nc5c6cnn(C)c6ncn5n4)cc3N2)cc1. The second kappa shape index (κ2) is 7.52. The molecule has 1 aliphatic rings. The van der Waals surface area contributed by atoms with E-state index in [-0.39, 0.29) is 23.8 Å². The molecular formula is C23H22F3N9. The number of halogens is 3. The lowest BCUT2D eigenvalue weighted by atomic mass is 9.94. The molecule has 180 valence electrons. The van der Waals surface area contributed by atoms with E-state index in [0.29, 0.717) is 22.6 Å². The zero-order valence-corrected chi connectivity index (χ0v) is 19.2. The molecule has 0 fully saturated rings. The molecule has 0 aliphatic carbocycles. The van der Waals surface area contributed by atoms with Crippen molar-refractivity contribution in [1.29, 1.82) is 0 Å². The van der Waals surface area contributed by atoms with E-state index in [2.05, 4.69) is 44.4 Å². The minimum atomic E-state index is -4.46. The predicted molar refractivity (Wildman–Crippen MR) is 123 cm³/mol. The molecule has 0 bridgehead atoms. The summed E-state index contributed by atoms with van der Waals surface area (Å²) in [5.41, 5.74) is 3.32. The molecule has 35 heavy (non-hydrogen) atoms. The summed E-state index contributed by atoms with van der Waals surface area (Å²) >= 11 is 0. The highest BCUT2D eigenvalue weighted by Gasteiger charge is 2.46. The molecule has 5 heterocycles. The number of aromatic nitrogens is 8. The van der Waals surface area contributed by atoms with Gasteiger partial charge in [-0.3, -0.25) is 4.68 Å². The molecule has 0 unspecified atom stereocenters. The number of hydrogen-bond acceptors (Lipinski definition) is 6. The summed E-state index contributed by atoms with van der Waals surface area (Å²) < 4.78 is 46.4. The molecule has 0 spiro atoms. The number of fused-ring (bicyclic) bond motifs is 4. The van der Waals surface area contributed by atoms with Gasteiger partial charge >= 0.3 is 6.18 Å². The van der Waals surface area contributed by atoms with E-state index >= 15 is 0 Å². The largest absolute Gasteiger partial charge is 0.410 e. The summed E-state index contributed by atoms with van der Waals surface area (Å²) in [5.74, 6) is 0.831. The smallest absolute Gasteiger partial charge is 0.363 e. The van der Waals surface area contributed by atoms with Crippen LogP contribution in [0.2, 0.25) is 0 Å². The van der Waals surface area contributed by atoms with E-state index < -0.39 is 18.3 Å². The van der Waals surface area contributed by atoms with Gasteiger partial charge in [0.1, 0.15) is 17.8 Å². The molecule has 2 atom stereocenters. The maximum atomic E-state index is 14.1. The molecule has 9 nitrogen and oxygen atoms in total. The van der Waals surface area contributed by atoms with Gasteiger partial charge in [-0.2, -0.15) is 23.4 Å². The van der Waals surface area contributed by atoms with E-state index in [4.69, 9.17) is 0 Å². The number of aryl methyl sites for hydroxylation is 1. The molecule has 0 amide bonds. The van der Waals surface area contributed by atoms with Crippen molar-refractivity contribution >= 4 is 22.5 Å². The first-order valence-corrected chi connectivity index (χ1v) is 11.2. The van der Waals surface area contributed by atoms with Crippen molar-refractivity contribution in [3.05, 3.63) is 54.0 Å². The van der Waals surface area contributed by atoms with E-state index in [1.165, 1.54) is 10.8 Å². The van der Waals surface area contributed by atoms with E-state index in [1.54, 1.807) is 24.0 Å². The van der Waals surface area contributed by atoms with Crippen LogP contribution in [-0.2, 0) is 7.05 Å². The van der Waals surface area contributed by atoms with Gasteiger partial charge in [0.25, 0.3) is 0 Å². The lowest BCUT2D eigenvalue weighted by molar-refractivity contribution is -0.173. The van der Waals surface area contributed by atoms with Gasteiger partial charge in [0.2, 0.25) is 5.82 Å². The van der Waals surface area contributed by atoms with Gasteiger partial charge in [-0.05, 0) is 17.0 Å². The molecule has 0 saturated heterocycles. The number of alkyl halides is 3. The van der Waals surface area contributed by atoms with Gasteiger partial charge in [-0.25, -0.2) is 19.2 Å². The highest BCUT2D eigenvalue weighted by atomic mass is 19.4. The maximum absolute atomic E-state index is 14.1. The van der Waals surface area contributed by atoms with Gasteiger partial charge in [0.15, 0.2) is 17.3 Å². The van der Waals surface area contributed by atoms with Crippen LogP contribution < -0.4 is 5.32 Å². The molecule has 0 saturated carbocycles. The summed E-state index contributed by atoms with van der Waals surface area (Å²) in [6.45, 7) is 4.16. The van der Waals surface area contributed by atoms with Crippen LogP contribution in [0.25, 0.3) is 28.2 Å². The fourth-order valence-electron chi connectivity index (χ4n) is 4.56. The summed E-state index contributed by atoms with van der Waals surface area (Å²) in [7, 11) is 1.77. The van der Waals surface area contributed by atoms with Gasteiger partial charge in [-0.15, -0.1) is 5.10 Å². The van der Waals surface area contributed by atoms with Crippen LogP contribution in [0.4, 0.5) is 19.0 Å². The van der Waals surface area contributed by atoms with Crippen LogP contribution in [0.3, 0.4) is 0 Å². The van der Waals surface area contributed by atoms with Crippen molar-refractivity contribution in [2.45, 2.75) is 44.4 Å². The van der Waals surface area contributed by atoms with Crippen LogP contribution in [0.1, 0.15) is 49.4 Å². The van der Waals surface area contributed by atoms with Crippen LogP contribution in [0.5, 0.6) is 0 Å². The molecule has 1 aliphatic heterocycles. The normalized spacial score (nSPS) is 18.4. The average molecular weight is 481 g/mol. The monoisotopic (exact) mass is 481 g/mol. The Hall–Kier alpha value is -3.96. The third-order valence-electron chi connectivity index (χ3n) is 6.49. The topological polar surface area (TPSA) is 90.8 Å². The van der Waals surface area contributed by atoms with Crippen LogP contribution >= 0.6 is 0 Å². The number of rotatable bonds is 3. The fraction of sp³-hybridized carbons (Fsp3) is 0.348. The Labute approximate surface area is 197 Å². The third-order valence-corrected chi connectivity index (χ3v) is 6.49. The molecule has 5 aromatic rings. The van der Waals surface area contributed by atoms with Crippen LogP contribution in [0, 0.1) is 0 Å².